The zero-order valence-corrected chi connectivity index (χ0v) is 18.6. The second-order valence-corrected chi connectivity index (χ2v) is 10.4. The number of hydrogen-bond donors (Lipinski definition) is 1. The molecule has 0 saturated carbocycles. The van der Waals surface area contributed by atoms with E-state index in [2.05, 4.69) is 44.9 Å². The van der Waals surface area contributed by atoms with Crippen molar-refractivity contribution in [3.63, 3.8) is 0 Å². The van der Waals surface area contributed by atoms with Gasteiger partial charge in [-0.15, -0.1) is 11.3 Å². The van der Waals surface area contributed by atoms with Gasteiger partial charge in [0.2, 0.25) is 0 Å². The maximum Gasteiger partial charge on any atom is 0.263 e. The zero-order valence-electron chi connectivity index (χ0n) is 16.9. The molecule has 5 rings (SSSR count). The van der Waals surface area contributed by atoms with Crippen molar-refractivity contribution in [1.82, 2.24) is 9.88 Å². The molecule has 1 fully saturated rings. The Hall–Kier alpha value is -2.74. The van der Waals surface area contributed by atoms with Crippen molar-refractivity contribution in [2.45, 2.75) is 30.3 Å². The summed E-state index contributed by atoms with van der Waals surface area (Å²) >= 11 is 1.26. The third-order valence-corrected chi connectivity index (χ3v) is 7.96. The summed E-state index contributed by atoms with van der Waals surface area (Å²) in [5, 5.41) is 4.16. The molecule has 31 heavy (non-hydrogen) atoms. The number of hydrogen-bond acceptors (Lipinski definition) is 5. The van der Waals surface area contributed by atoms with E-state index in [4.69, 9.17) is 0 Å². The van der Waals surface area contributed by atoms with Crippen LogP contribution in [0.3, 0.4) is 0 Å². The van der Waals surface area contributed by atoms with Gasteiger partial charge in [0.25, 0.3) is 10.0 Å². The first-order valence-corrected chi connectivity index (χ1v) is 12.7. The Balaban J connectivity index is 1.46. The minimum absolute atomic E-state index is 0.250. The lowest BCUT2D eigenvalue weighted by Crippen LogP contribution is -2.23. The van der Waals surface area contributed by atoms with Gasteiger partial charge in [0.05, 0.1) is 4.90 Å². The Labute approximate surface area is 186 Å². The van der Waals surface area contributed by atoms with Gasteiger partial charge in [-0.1, -0.05) is 54.6 Å². The van der Waals surface area contributed by atoms with Crippen molar-refractivity contribution in [2.75, 3.05) is 11.3 Å². The fourth-order valence-corrected chi connectivity index (χ4v) is 6.20. The highest BCUT2D eigenvalue weighted by atomic mass is 32.2. The van der Waals surface area contributed by atoms with Crippen LogP contribution >= 0.6 is 11.3 Å². The maximum absolute atomic E-state index is 12.8. The highest BCUT2D eigenvalue weighted by molar-refractivity contribution is 7.93. The van der Waals surface area contributed by atoms with Gasteiger partial charge in [-0.2, -0.15) is 0 Å². The maximum atomic E-state index is 12.8. The van der Waals surface area contributed by atoms with Crippen LogP contribution in [0.2, 0.25) is 0 Å². The third-order valence-electron chi connectivity index (χ3n) is 5.80. The van der Waals surface area contributed by atoms with Crippen molar-refractivity contribution in [3.05, 3.63) is 89.4 Å². The Kier molecular flexibility index (Phi) is 5.48. The predicted molar refractivity (Wildman–Crippen MR) is 126 cm³/mol. The first kappa shape index (κ1) is 20.2. The van der Waals surface area contributed by atoms with Crippen LogP contribution in [0.4, 0.5) is 5.13 Å². The number of nitrogens with one attached hydrogen (secondary N) is 1. The van der Waals surface area contributed by atoms with E-state index in [1.165, 1.54) is 22.5 Å². The van der Waals surface area contributed by atoms with Gasteiger partial charge in [0, 0.05) is 24.2 Å². The van der Waals surface area contributed by atoms with E-state index in [0.717, 1.165) is 36.7 Å². The van der Waals surface area contributed by atoms with Gasteiger partial charge in [0.1, 0.15) is 0 Å². The molecule has 1 unspecified atom stereocenters. The molecule has 7 heteroatoms. The summed E-state index contributed by atoms with van der Waals surface area (Å²) in [6.07, 6.45) is 3.85. The van der Waals surface area contributed by atoms with Gasteiger partial charge in [-0.05, 0) is 53.4 Å². The smallest absolute Gasteiger partial charge is 0.263 e. The standard InChI is InChI=1S/C24H23N3O2S2/c28-31(29,26-24-25-13-15-30-24)20-11-12-21-19(16-20)8-4-9-22(21)23-10-5-14-27(23)17-18-6-2-1-3-7-18/h1-4,6-9,11-13,15-16,23H,5,10,14,17H2,(H,25,26). The fraction of sp³-hybridized carbons (Fsp3) is 0.208. The van der Waals surface area contributed by atoms with Gasteiger partial charge < -0.3 is 0 Å². The summed E-state index contributed by atoms with van der Waals surface area (Å²) in [7, 11) is -3.67. The van der Waals surface area contributed by atoms with Crippen LogP contribution in [0, 0.1) is 0 Å². The van der Waals surface area contributed by atoms with Gasteiger partial charge >= 0.3 is 0 Å². The fourth-order valence-electron chi connectivity index (χ4n) is 4.38. The number of likely N-dealkylation sites (tertiary alicyclic amines) is 1. The number of aromatic nitrogens is 1. The summed E-state index contributed by atoms with van der Waals surface area (Å²) < 4.78 is 28.1. The van der Waals surface area contributed by atoms with Gasteiger partial charge in [0.15, 0.2) is 5.13 Å². The number of rotatable bonds is 6. The van der Waals surface area contributed by atoms with E-state index in [1.807, 2.05) is 24.3 Å². The lowest BCUT2D eigenvalue weighted by molar-refractivity contribution is 0.250. The molecule has 4 aromatic rings. The number of thiazole rings is 1. The van der Waals surface area contributed by atoms with Gasteiger partial charge in [-0.25, -0.2) is 13.4 Å². The molecule has 1 N–H and O–H groups in total. The molecule has 0 amide bonds. The van der Waals surface area contributed by atoms with Crippen LogP contribution in [0.15, 0.2) is 83.2 Å². The SMILES string of the molecule is O=S(=O)(Nc1nccs1)c1ccc2c(C3CCCN3Cc3ccccc3)cccc2c1. The Morgan fingerprint density at radius 1 is 1.06 bits per heavy atom. The summed E-state index contributed by atoms with van der Waals surface area (Å²) in [6.45, 7) is 1.99. The Morgan fingerprint density at radius 3 is 2.74 bits per heavy atom. The molecule has 2 heterocycles. The molecule has 0 bridgehead atoms. The lowest BCUT2D eigenvalue weighted by atomic mass is 9.97. The highest BCUT2D eigenvalue weighted by Gasteiger charge is 2.27. The number of sulfonamides is 1. The third kappa shape index (κ3) is 4.21. The van der Waals surface area contributed by atoms with Crippen LogP contribution in [0.5, 0.6) is 0 Å². The van der Waals surface area contributed by atoms with E-state index in [9.17, 15) is 8.42 Å². The molecule has 1 aromatic heterocycles. The van der Waals surface area contributed by atoms with Crippen LogP contribution in [-0.2, 0) is 16.6 Å². The average Bonchev–Trinajstić information content (AvgIpc) is 3.45. The monoisotopic (exact) mass is 449 g/mol. The first-order valence-electron chi connectivity index (χ1n) is 10.3. The molecule has 158 valence electrons. The predicted octanol–water partition coefficient (Wildman–Crippen LogP) is 5.43. The number of anilines is 1. The topological polar surface area (TPSA) is 62.3 Å². The van der Waals surface area contributed by atoms with E-state index in [0.29, 0.717) is 11.2 Å². The molecule has 1 aliphatic rings. The summed E-state index contributed by atoms with van der Waals surface area (Å²) in [5.74, 6) is 0. The number of nitrogens with zero attached hydrogens (tertiary/aromatic N) is 2. The van der Waals surface area contributed by atoms with Crippen LogP contribution < -0.4 is 4.72 Å². The molecule has 0 radical (unpaired) electrons. The molecule has 1 aliphatic heterocycles. The van der Waals surface area contributed by atoms with E-state index < -0.39 is 10.0 Å². The second-order valence-electron chi connectivity index (χ2n) is 7.79. The normalized spacial score (nSPS) is 17.2. The largest absolute Gasteiger partial charge is 0.292 e. The molecular weight excluding hydrogens is 426 g/mol. The van der Waals surface area contributed by atoms with E-state index in [1.54, 1.807) is 23.7 Å². The number of benzene rings is 3. The highest BCUT2D eigenvalue weighted by Crippen LogP contribution is 2.37. The minimum Gasteiger partial charge on any atom is -0.292 e. The van der Waals surface area contributed by atoms with Crippen LogP contribution in [0.25, 0.3) is 10.8 Å². The van der Waals surface area contributed by atoms with Crippen LogP contribution in [-0.4, -0.2) is 24.8 Å². The average molecular weight is 450 g/mol. The summed E-state index contributed by atoms with van der Waals surface area (Å²) in [6, 6.07) is 22.5. The Morgan fingerprint density at radius 2 is 1.94 bits per heavy atom. The van der Waals surface area contributed by atoms with Crippen molar-refractivity contribution in [3.8, 4) is 0 Å². The van der Waals surface area contributed by atoms with Crippen molar-refractivity contribution in [2.24, 2.45) is 0 Å². The summed E-state index contributed by atoms with van der Waals surface area (Å²) in [4.78, 5) is 6.80. The molecule has 1 saturated heterocycles. The van der Waals surface area contributed by atoms with Crippen molar-refractivity contribution in [1.29, 1.82) is 0 Å². The van der Waals surface area contributed by atoms with E-state index in [-0.39, 0.29) is 4.90 Å². The molecule has 3 aromatic carbocycles. The first-order chi connectivity index (χ1) is 15.1. The quantitative estimate of drug-likeness (QED) is 0.426. The molecule has 1 atom stereocenters. The second kappa shape index (κ2) is 8.42. The van der Waals surface area contributed by atoms with E-state index >= 15 is 0 Å². The molecule has 0 spiro atoms. The summed E-state index contributed by atoms with van der Waals surface area (Å²) in [5.41, 5.74) is 2.58. The van der Waals surface area contributed by atoms with Gasteiger partial charge in [-0.3, -0.25) is 9.62 Å². The molecule has 0 aliphatic carbocycles. The Bertz CT molecular complexity index is 1290. The zero-order chi connectivity index (χ0) is 21.3. The molecular formula is C24H23N3O2S2. The van der Waals surface area contributed by atoms with Crippen LogP contribution in [0.1, 0.15) is 30.0 Å². The van der Waals surface area contributed by atoms with Crippen molar-refractivity contribution < 1.29 is 8.42 Å². The lowest BCUT2D eigenvalue weighted by Gasteiger charge is -2.26. The van der Waals surface area contributed by atoms with Crippen molar-refractivity contribution >= 4 is 37.3 Å². The minimum atomic E-state index is -3.67. The molecule has 5 nitrogen and oxygen atoms in total. The number of fused-ring (bicyclic) bond motifs is 1.